The Kier molecular flexibility index (Phi) is 6.05. The zero-order chi connectivity index (χ0) is 25.7. The van der Waals surface area contributed by atoms with Crippen LogP contribution in [0.4, 0.5) is 10.1 Å². The van der Waals surface area contributed by atoms with Gasteiger partial charge in [-0.3, -0.25) is 15.2 Å². The lowest BCUT2D eigenvalue weighted by Crippen LogP contribution is -2.34. The van der Waals surface area contributed by atoms with Crippen molar-refractivity contribution in [2.45, 2.75) is 58.0 Å². The van der Waals surface area contributed by atoms with Crippen LogP contribution in [0.1, 0.15) is 63.4 Å². The molecule has 1 saturated carbocycles. The number of amides is 1. The van der Waals surface area contributed by atoms with Crippen molar-refractivity contribution < 1.29 is 9.18 Å². The van der Waals surface area contributed by atoms with Gasteiger partial charge in [-0.05, 0) is 60.9 Å². The van der Waals surface area contributed by atoms with E-state index in [4.69, 9.17) is 4.98 Å². The molecule has 1 saturated heterocycles. The van der Waals surface area contributed by atoms with E-state index in [1.807, 2.05) is 33.0 Å². The molecule has 10 heteroatoms. The van der Waals surface area contributed by atoms with Gasteiger partial charge < -0.3 is 10.3 Å². The summed E-state index contributed by atoms with van der Waals surface area (Å²) < 4.78 is 13.7. The van der Waals surface area contributed by atoms with Crippen LogP contribution in [0.2, 0.25) is 0 Å². The Morgan fingerprint density at radius 1 is 1.16 bits per heavy atom. The highest BCUT2D eigenvalue weighted by atomic mass is 32.1. The molecule has 4 unspecified atom stereocenters. The third-order valence-corrected chi connectivity index (χ3v) is 8.37. The molecule has 4 atom stereocenters. The van der Waals surface area contributed by atoms with Crippen LogP contribution in [-0.4, -0.2) is 31.9 Å². The summed E-state index contributed by atoms with van der Waals surface area (Å²) in [6, 6.07) is 7.56. The maximum absolute atomic E-state index is 13.7. The number of H-pyrrole nitrogens is 1. The number of aromatic amines is 1. The van der Waals surface area contributed by atoms with Crippen molar-refractivity contribution in [1.29, 1.82) is 0 Å². The van der Waals surface area contributed by atoms with Gasteiger partial charge in [-0.25, -0.2) is 15.4 Å². The molecule has 1 aliphatic carbocycles. The van der Waals surface area contributed by atoms with E-state index in [1.165, 1.54) is 6.07 Å². The number of thiophene rings is 1. The van der Waals surface area contributed by atoms with Crippen LogP contribution in [0, 0.1) is 16.5 Å². The number of anilines is 1. The molecule has 4 aromatic heterocycles. The van der Waals surface area contributed by atoms with Gasteiger partial charge in [0.25, 0.3) is 0 Å². The quantitative estimate of drug-likeness (QED) is 0.291. The number of rotatable bonds is 4. The predicted molar refractivity (Wildman–Crippen MR) is 142 cm³/mol. The van der Waals surface area contributed by atoms with Crippen LogP contribution in [-0.2, 0) is 4.79 Å². The van der Waals surface area contributed by atoms with Gasteiger partial charge in [0.2, 0.25) is 5.91 Å². The molecule has 4 N–H and O–H groups in total. The van der Waals surface area contributed by atoms with Gasteiger partial charge in [-0.15, -0.1) is 11.3 Å². The Hall–Kier alpha value is -3.21. The smallest absolute Gasteiger partial charge is 0.229 e. The number of hydrogen-bond acceptors (Lipinski definition) is 7. The van der Waals surface area contributed by atoms with Crippen LogP contribution in [0.3, 0.4) is 0 Å². The third kappa shape index (κ3) is 4.65. The topological polar surface area (TPSA) is 108 Å². The molecule has 192 valence electrons. The number of nitrogens with zero attached hydrogens (tertiary/aromatic N) is 3. The number of carbonyl (C=O) groups is 1. The zero-order valence-electron chi connectivity index (χ0n) is 21.0. The molecule has 0 bridgehead atoms. The minimum atomic E-state index is -0.471. The maximum atomic E-state index is 13.7. The minimum absolute atomic E-state index is 0.00772. The molecule has 37 heavy (non-hydrogen) atoms. The van der Waals surface area contributed by atoms with E-state index in [2.05, 4.69) is 37.2 Å². The summed E-state index contributed by atoms with van der Waals surface area (Å²) in [6.07, 6.45) is 8.37. The van der Waals surface area contributed by atoms with E-state index < -0.39 is 5.41 Å². The summed E-state index contributed by atoms with van der Waals surface area (Å²) in [7, 11) is 0. The van der Waals surface area contributed by atoms with Crippen LogP contribution < -0.4 is 16.2 Å². The van der Waals surface area contributed by atoms with Gasteiger partial charge in [0.15, 0.2) is 10.8 Å². The van der Waals surface area contributed by atoms with E-state index in [9.17, 15) is 9.18 Å². The molecule has 4 aromatic rings. The van der Waals surface area contributed by atoms with Crippen LogP contribution in [0.15, 0.2) is 42.9 Å². The average Bonchev–Trinajstić information content (AvgIpc) is 3.60. The molecule has 1 aliphatic heterocycles. The summed E-state index contributed by atoms with van der Waals surface area (Å²) >= 11 is 1.12. The van der Waals surface area contributed by atoms with Crippen molar-refractivity contribution in [3.63, 3.8) is 0 Å². The molecular weight excluding hydrogens is 489 g/mol. The van der Waals surface area contributed by atoms with Gasteiger partial charge in [0.1, 0.15) is 5.82 Å². The summed E-state index contributed by atoms with van der Waals surface area (Å²) in [6.45, 7) is 5.70. The maximum Gasteiger partial charge on any atom is 0.229 e. The molecule has 0 spiro atoms. The van der Waals surface area contributed by atoms with Crippen LogP contribution >= 0.6 is 11.3 Å². The molecule has 6 rings (SSSR count). The Morgan fingerprint density at radius 2 is 2.03 bits per heavy atom. The molecule has 5 heterocycles. The number of pyridine rings is 2. The normalized spacial score (nSPS) is 23.8. The fourth-order valence-electron chi connectivity index (χ4n) is 5.44. The van der Waals surface area contributed by atoms with Crippen molar-refractivity contribution in [2.75, 3.05) is 5.32 Å². The lowest BCUT2D eigenvalue weighted by molar-refractivity contribution is -0.123. The first-order chi connectivity index (χ1) is 17.8. The van der Waals surface area contributed by atoms with Gasteiger partial charge in [-0.1, -0.05) is 20.8 Å². The Balaban J connectivity index is 1.25. The Labute approximate surface area is 218 Å². The number of carbonyl (C=O) groups excluding carboxylic acids is 1. The summed E-state index contributed by atoms with van der Waals surface area (Å²) in [5.41, 5.74) is 10.7. The summed E-state index contributed by atoms with van der Waals surface area (Å²) in [4.78, 5) is 30.5. The third-order valence-electron chi connectivity index (χ3n) is 7.47. The second-order valence-electron chi connectivity index (χ2n) is 11.0. The number of hydrogen-bond donors (Lipinski definition) is 4. The van der Waals surface area contributed by atoms with Gasteiger partial charge in [-0.2, -0.15) is 4.39 Å². The van der Waals surface area contributed by atoms with E-state index in [0.717, 1.165) is 63.6 Å². The number of hydrazine groups is 1. The van der Waals surface area contributed by atoms with Crippen LogP contribution in [0.25, 0.3) is 21.6 Å². The van der Waals surface area contributed by atoms with Gasteiger partial charge in [0.05, 0.1) is 23.4 Å². The SMILES string of the molecule is CC(C)(C)C(=O)Nc1cncc(C2CCC3NNC(c4nc5nccc(-c6ccc(F)s6)c5[nH]4)C3C2)c1. The van der Waals surface area contributed by atoms with E-state index >= 15 is 0 Å². The highest BCUT2D eigenvalue weighted by molar-refractivity contribution is 7.14. The molecule has 0 radical (unpaired) electrons. The fourth-order valence-corrected chi connectivity index (χ4v) is 6.20. The van der Waals surface area contributed by atoms with Crippen molar-refractivity contribution in [2.24, 2.45) is 11.3 Å². The summed E-state index contributed by atoms with van der Waals surface area (Å²) in [5, 5.41) is 2.79. The Bertz CT molecular complexity index is 1460. The van der Waals surface area contributed by atoms with Crippen molar-refractivity contribution >= 4 is 34.1 Å². The van der Waals surface area contributed by atoms with Gasteiger partial charge in [0, 0.05) is 34.3 Å². The largest absolute Gasteiger partial charge is 0.339 e. The molecular formula is C27H30FN7OS. The van der Waals surface area contributed by atoms with Crippen molar-refractivity contribution in [3.05, 3.63) is 59.4 Å². The molecule has 2 aliphatic rings. The lowest BCUT2D eigenvalue weighted by atomic mass is 9.73. The number of aromatic nitrogens is 4. The highest BCUT2D eigenvalue weighted by Gasteiger charge is 2.43. The first kappa shape index (κ1) is 24.1. The van der Waals surface area contributed by atoms with Crippen molar-refractivity contribution in [1.82, 2.24) is 30.8 Å². The van der Waals surface area contributed by atoms with E-state index in [-0.39, 0.29) is 17.1 Å². The lowest BCUT2D eigenvalue weighted by Gasteiger charge is -2.33. The summed E-state index contributed by atoms with van der Waals surface area (Å²) in [5.74, 6) is 1.45. The first-order valence-corrected chi connectivity index (χ1v) is 13.5. The second-order valence-corrected chi connectivity index (χ2v) is 12.1. The minimum Gasteiger partial charge on any atom is -0.339 e. The average molecular weight is 520 g/mol. The monoisotopic (exact) mass is 519 g/mol. The Morgan fingerprint density at radius 3 is 2.81 bits per heavy atom. The molecule has 8 nitrogen and oxygen atoms in total. The second kappa shape index (κ2) is 9.27. The standard InChI is InChI=1S/C27H30FN7OS/c1-27(2,3)26(36)31-16-10-15(12-29-13-16)14-4-5-19-18(11-14)23(35-34-19)25-32-22-17(8-9-30-24(22)33-25)20-6-7-21(28)37-20/h6-10,12-14,18-19,23,34-35H,4-5,11H2,1-3H3,(H,31,36)(H,30,32,33). The van der Waals surface area contributed by atoms with E-state index in [1.54, 1.807) is 18.5 Å². The van der Waals surface area contributed by atoms with E-state index in [0.29, 0.717) is 23.5 Å². The zero-order valence-corrected chi connectivity index (χ0v) is 21.8. The number of nitrogens with one attached hydrogen (secondary N) is 4. The predicted octanol–water partition coefficient (Wildman–Crippen LogP) is 5.31. The molecule has 2 fully saturated rings. The molecule has 1 amide bonds. The van der Waals surface area contributed by atoms with Crippen LogP contribution in [0.5, 0.6) is 0 Å². The first-order valence-electron chi connectivity index (χ1n) is 12.6. The van der Waals surface area contributed by atoms with Gasteiger partial charge >= 0.3 is 0 Å². The number of fused-ring (bicyclic) bond motifs is 2. The fraction of sp³-hybridized carbons (Fsp3) is 0.407. The number of halogens is 1. The van der Waals surface area contributed by atoms with Crippen molar-refractivity contribution in [3.8, 4) is 10.4 Å². The molecule has 0 aromatic carbocycles. The number of imidazole rings is 1. The highest BCUT2D eigenvalue weighted by Crippen LogP contribution is 2.44.